The lowest BCUT2D eigenvalue weighted by atomic mass is 9.99. The molecule has 2 unspecified atom stereocenters. The Bertz CT molecular complexity index is 638. The number of ketones is 1. The lowest BCUT2D eigenvalue weighted by Gasteiger charge is -2.50. The molecule has 0 N–H and O–H groups in total. The van der Waals surface area contributed by atoms with Crippen LogP contribution in [0.4, 0.5) is 0 Å². The van der Waals surface area contributed by atoms with Crippen molar-refractivity contribution in [3.8, 4) is 0 Å². The third kappa shape index (κ3) is 2.34. The second-order valence-electron chi connectivity index (χ2n) is 6.84. The van der Waals surface area contributed by atoms with Crippen molar-refractivity contribution in [1.82, 2.24) is 9.80 Å². The van der Waals surface area contributed by atoms with Gasteiger partial charge in [0, 0.05) is 43.1 Å². The number of carbonyl (C=O) groups is 2. The fraction of sp³-hybridized carbons (Fsp3) is 0.647. The standard InChI is InChI=1S/C17H22N2O3S/c1-17(18-5-2-3-6-18)11-23-9-7-19(17)16(21)13-10-14(20)15-12(13)4-8-22-15/h4,8,13H,2-3,5-7,9-11H2,1H3. The Morgan fingerprint density at radius 1 is 1.35 bits per heavy atom. The second-order valence-corrected chi connectivity index (χ2v) is 7.94. The van der Waals surface area contributed by atoms with Crippen molar-refractivity contribution in [2.45, 2.75) is 37.8 Å². The Hall–Kier alpha value is -1.27. The van der Waals surface area contributed by atoms with Gasteiger partial charge >= 0.3 is 0 Å². The van der Waals surface area contributed by atoms with Gasteiger partial charge in [0.1, 0.15) is 5.66 Å². The highest BCUT2D eigenvalue weighted by atomic mass is 32.2. The molecule has 0 spiro atoms. The lowest BCUT2D eigenvalue weighted by Crippen LogP contribution is -2.64. The van der Waals surface area contributed by atoms with Gasteiger partial charge in [0.25, 0.3) is 0 Å². The summed E-state index contributed by atoms with van der Waals surface area (Å²) in [5.41, 5.74) is 0.550. The molecule has 1 aromatic heterocycles. The summed E-state index contributed by atoms with van der Waals surface area (Å²) in [6.07, 6.45) is 4.19. The maximum absolute atomic E-state index is 13.3. The van der Waals surface area contributed by atoms with Crippen LogP contribution in [0.25, 0.3) is 0 Å². The van der Waals surface area contributed by atoms with E-state index in [0.717, 1.165) is 36.7 Å². The predicted octanol–water partition coefficient (Wildman–Crippen LogP) is 2.34. The van der Waals surface area contributed by atoms with Crippen LogP contribution in [0.1, 0.15) is 48.2 Å². The summed E-state index contributed by atoms with van der Waals surface area (Å²) in [7, 11) is 0. The van der Waals surface area contributed by atoms with Gasteiger partial charge in [-0.25, -0.2) is 0 Å². The maximum Gasteiger partial charge on any atom is 0.232 e. The number of amides is 1. The van der Waals surface area contributed by atoms with Crippen molar-refractivity contribution in [3.05, 3.63) is 23.7 Å². The van der Waals surface area contributed by atoms with E-state index >= 15 is 0 Å². The molecular formula is C17H22N2O3S. The molecule has 2 aliphatic heterocycles. The van der Waals surface area contributed by atoms with Gasteiger partial charge < -0.3 is 9.32 Å². The van der Waals surface area contributed by atoms with E-state index in [4.69, 9.17) is 4.42 Å². The first kappa shape index (κ1) is 15.3. The minimum atomic E-state index is -0.360. The Morgan fingerprint density at radius 3 is 2.91 bits per heavy atom. The quantitative estimate of drug-likeness (QED) is 0.831. The molecule has 6 heteroatoms. The third-order valence-corrected chi connectivity index (χ3v) is 6.70. The number of rotatable bonds is 2. The van der Waals surface area contributed by atoms with Gasteiger partial charge in [-0.2, -0.15) is 11.8 Å². The summed E-state index contributed by atoms with van der Waals surface area (Å²) in [5.74, 6) is 1.98. The summed E-state index contributed by atoms with van der Waals surface area (Å²) in [6.45, 7) is 5.06. The van der Waals surface area contributed by atoms with E-state index in [-0.39, 0.29) is 29.7 Å². The van der Waals surface area contributed by atoms with E-state index in [1.807, 2.05) is 16.7 Å². The van der Waals surface area contributed by atoms with Crippen LogP contribution in [0.5, 0.6) is 0 Å². The topological polar surface area (TPSA) is 53.8 Å². The average molecular weight is 334 g/mol. The molecule has 1 aliphatic carbocycles. The zero-order valence-electron chi connectivity index (χ0n) is 13.4. The van der Waals surface area contributed by atoms with Crippen LogP contribution in [0.2, 0.25) is 0 Å². The molecule has 3 aliphatic rings. The monoisotopic (exact) mass is 334 g/mol. The number of fused-ring (bicyclic) bond motifs is 1. The SMILES string of the molecule is CC1(N2CCCC2)CSCCN1C(=O)C1CC(=O)c2occc21. The molecule has 0 saturated carbocycles. The Morgan fingerprint density at radius 2 is 2.13 bits per heavy atom. The van der Waals surface area contributed by atoms with E-state index in [1.54, 1.807) is 6.07 Å². The van der Waals surface area contributed by atoms with E-state index in [0.29, 0.717) is 5.76 Å². The summed E-state index contributed by atoms with van der Waals surface area (Å²) >= 11 is 1.92. The highest BCUT2D eigenvalue weighted by Gasteiger charge is 2.47. The second kappa shape index (κ2) is 5.67. The molecule has 2 saturated heterocycles. The fourth-order valence-corrected chi connectivity index (χ4v) is 5.35. The van der Waals surface area contributed by atoms with Crippen LogP contribution >= 0.6 is 11.8 Å². The van der Waals surface area contributed by atoms with E-state index < -0.39 is 0 Å². The van der Waals surface area contributed by atoms with Crippen LogP contribution < -0.4 is 0 Å². The zero-order valence-corrected chi connectivity index (χ0v) is 14.2. The summed E-state index contributed by atoms with van der Waals surface area (Å²) in [5, 5.41) is 0. The summed E-state index contributed by atoms with van der Waals surface area (Å²) in [6, 6.07) is 1.79. The summed E-state index contributed by atoms with van der Waals surface area (Å²) in [4.78, 5) is 29.8. The van der Waals surface area contributed by atoms with Crippen molar-refractivity contribution in [2.24, 2.45) is 0 Å². The number of nitrogens with zero attached hydrogens (tertiary/aromatic N) is 2. The molecule has 124 valence electrons. The van der Waals surface area contributed by atoms with Crippen LogP contribution in [0.3, 0.4) is 0 Å². The maximum atomic E-state index is 13.3. The number of carbonyl (C=O) groups excluding carboxylic acids is 2. The van der Waals surface area contributed by atoms with Crippen LogP contribution in [-0.4, -0.2) is 58.3 Å². The van der Waals surface area contributed by atoms with Gasteiger partial charge in [-0.3, -0.25) is 14.5 Å². The number of furan rings is 1. The van der Waals surface area contributed by atoms with E-state index in [2.05, 4.69) is 11.8 Å². The van der Waals surface area contributed by atoms with Gasteiger partial charge in [-0.1, -0.05) is 0 Å². The van der Waals surface area contributed by atoms with Gasteiger partial charge in [0.15, 0.2) is 11.5 Å². The van der Waals surface area contributed by atoms with Crippen molar-refractivity contribution in [2.75, 3.05) is 31.1 Å². The Balaban J connectivity index is 1.63. The minimum absolute atomic E-state index is 0.0439. The van der Waals surface area contributed by atoms with Gasteiger partial charge in [-0.05, 0) is 25.8 Å². The molecule has 2 atom stereocenters. The first-order valence-electron chi connectivity index (χ1n) is 8.36. The molecule has 5 nitrogen and oxygen atoms in total. The van der Waals surface area contributed by atoms with Gasteiger partial charge in [0.05, 0.1) is 12.2 Å². The average Bonchev–Trinajstić information content (AvgIpc) is 3.26. The van der Waals surface area contributed by atoms with Crippen LogP contribution in [-0.2, 0) is 4.79 Å². The molecule has 3 heterocycles. The molecule has 0 radical (unpaired) electrons. The number of hydrogen-bond acceptors (Lipinski definition) is 5. The van der Waals surface area contributed by atoms with Crippen molar-refractivity contribution >= 4 is 23.5 Å². The molecule has 2 fully saturated rings. The molecule has 0 bridgehead atoms. The van der Waals surface area contributed by atoms with Crippen molar-refractivity contribution < 1.29 is 14.0 Å². The zero-order chi connectivity index (χ0) is 16.0. The van der Waals surface area contributed by atoms with Gasteiger partial charge in [-0.15, -0.1) is 0 Å². The van der Waals surface area contributed by atoms with Gasteiger partial charge in [0.2, 0.25) is 5.91 Å². The van der Waals surface area contributed by atoms with Crippen LogP contribution in [0.15, 0.2) is 16.7 Å². The highest BCUT2D eigenvalue weighted by molar-refractivity contribution is 7.99. The molecule has 4 rings (SSSR count). The predicted molar refractivity (Wildman–Crippen MR) is 88.6 cm³/mol. The number of likely N-dealkylation sites (tertiary alicyclic amines) is 1. The third-order valence-electron chi connectivity index (χ3n) is 5.48. The fourth-order valence-electron chi connectivity index (χ4n) is 4.17. The van der Waals surface area contributed by atoms with Crippen molar-refractivity contribution in [3.63, 3.8) is 0 Å². The molecule has 23 heavy (non-hydrogen) atoms. The number of hydrogen-bond donors (Lipinski definition) is 0. The van der Waals surface area contributed by atoms with Crippen LogP contribution in [0, 0.1) is 0 Å². The number of Topliss-reactive ketones (excluding diaryl/α,β-unsaturated/α-hetero) is 1. The Kier molecular flexibility index (Phi) is 3.76. The first-order chi connectivity index (χ1) is 11.1. The normalized spacial score (nSPS) is 31.6. The molecule has 1 amide bonds. The smallest absolute Gasteiger partial charge is 0.232 e. The van der Waals surface area contributed by atoms with E-state index in [9.17, 15) is 9.59 Å². The largest absolute Gasteiger partial charge is 0.461 e. The van der Waals surface area contributed by atoms with Crippen molar-refractivity contribution in [1.29, 1.82) is 0 Å². The molecule has 1 aromatic rings. The summed E-state index contributed by atoms with van der Waals surface area (Å²) < 4.78 is 5.27. The highest BCUT2D eigenvalue weighted by Crippen LogP contribution is 2.39. The van der Waals surface area contributed by atoms with E-state index in [1.165, 1.54) is 19.1 Å². The lowest BCUT2D eigenvalue weighted by molar-refractivity contribution is -0.145. The Labute approximate surface area is 140 Å². The number of thioether (sulfide) groups is 1. The molecular weight excluding hydrogens is 312 g/mol. The minimum Gasteiger partial charge on any atom is -0.461 e. The molecule has 0 aromatic carbocycles. The first-order valence-corrected chi connectivity index (χ1v) is 9.51.